The molecule has 19 heavy (non-hydrogen) atoms. The summed E-state index contributed by atoms with van der Waals surface area (Å²) in [6.45, 7) is 3.59. The normalized spacial score (nSPS) is 10.1. The SMILES string of the molecule is C[CH2][Sn][CH2]c1cc(C(=O)OC)cc(COC(C)=O)n1. The summed E-state index contributed by atoms with van der Waals surface area (Å²) in [6, 6.07) is 3.37. The van der Waals surface area contributed by atoms with Gasteiger partial charge >= 0.3 is 123 Å². The van der Waals surface area contributed by atoms with Crippen LogP contribution in [-0.4, -0.2) is 45.2 Å². The molecular weight excluding hydrogens is 353 g/mol. The standard InChI is InChI=1S/C11H12NO4.C2H5.Sn/c1-7-4-9(11(14)15-3)5-10(12-7)6-16-8(2)13;1-2;/h4-5H,1,6H2,2-3H3;1H2,2H3;. The molecule has 2 radical (unpaired) electrons. The Bertz CT molecular complexity index is 462. The van der Waals surface area contributed by atoms with Gasteiger partial charge in [0, 0.05) is 0 Å². The van der Waals surface area contributed by atoms with E-state index in [4.69, 9.17) is 9.47 Å². The first-order valence-electron chi connectivity index (χ1n) is 5.99. The molecule has 1 rings (SSSR count). The zero-order valence-electron chi connectivity index (χ0n) is 11.4. The van der Waals surface area contributed by atoms with Crippen LogP contribution >= 0.6 is 0 Å². The molecule has 0 N–H and O–H groups in total. The predicted molar refractivity (Wildman–Crippen MR) is 71.0 cm³/mol. The molecule has 0 unspecified atom stereocenters. The molecule has 1 heterocycles. The fourth-order valence-corrected chi connectivity index (χ4v) is 3.44. The molecule has 0 amide bonds. The summed E-state index contributed by atoms with van der Waals surface area (Å²) in [5, 5.41) is 0. The molecular formula is C13H17NO4Sn. The Morgan fingerprint density at radius 1 is 1.32 bits per heavy atom. The molecule has 0 saturated heterocycles. The van der Waals surface area contributed by atoms with Crippen LogP contribution in [0, 0.1) is 0 Å². The van der Waals surface area contributed by atoms with Gasteiger partial charge in [-0.25, -0.2) is 0 Å². The Balaban J connectivity index is 2.94. The molecule has 0 aromatic carbocycles. The number of esters is 2. The summed E-state index contributed by atoms with van der Waals surface area (Å²) < 4.78 is 11.8. The van der Waals surface area contributed by atoms with Gasteiger partial charge in [0.1, 0.15) is 0 Å². The van der Waals surface area contributed by atoms with Gasteiger partial charge in [0.2, 0.25) is 0 Å². The molecule has 5 nitrogen and oxygen atoms in total. The van der Waals surface area contributed by atoms with Gasteiger partial charge in [0.05, 0.1) is 0 Å². The van der Waals surface area contributed by atoms with Gasteiger partial charge in [-0.15, -0.1) is 0 Å². The Kier molecular flexibility index (Phi) is 6.83. The van der Waals surface area contributed by atoms with Crippen LogP contribution < -0.4 is 0 Å². The van der Waals surface area contributed by atoms with Gasteiger partial charge < -0.3 is 0 Å². The predicted octanol–water partition coefficient (Wildman–Crippen LogP) is 1.57. The van der Waals surface area contributed by atoms with E-state index in [0.717, 1.165) is 10.1 Å². The summed E-state index contributed by atoms with van der Waals surface area (Å²) in [5.41, 5.74) is 1.94. The van der Waals surface area contributed by atoms with Crippen molar-refractivity contribution in [3.8, 4) is 0 Å². The van der Waals surface area contributed by atoms with E-state index in [0.29, 0.717) is 11.3 Å². The maximum atomic E-state index is 11.6. The van der Waals surface area contributed by atoms with E-state index in [-0.39, 0.29) is 12.6 Å². The van der Waals surface area contributed by atoms with Crippen LogP contribution in [0.15, 0.2) is 12.1 Å². The van der Waals surface area contributed by atoms with Crippen molar-refractivity contribution in [1.29, 1.82) is 0 Å². The number of aromatic nitrogens is 1. The quantitative estimate of drug-likeness (QED) is 0.562. The van der Waals surface area contributed by atoms with Gasteiger partial charge in [-0.3, -0.25) is 0 Å². The van der Waals surface area contributed by atoms with Crippen LogP contribution in [-0.2, 0) is 25.3 Å². The van der Waals surface area contributed by atoms with E-state index in [9.17, 15) is 9.59 Å². The first-order valence-corrected chi connectivity index (χ1v) is 10.0. The van der Waals surface area contributed by atoms with Gasteiger partial charge in [-0.1, -0.05) is 0 Å². The third-order valence-corrected chi connectivity index (χ3v) is 5.51. The van der Waals surface area contributed by atoms with Crippen molar-refractivity contribution in [2.45, 2.75) is 29.3 Å². The molecule has 1 aromatic rings. The minimum absolute atomic E-state index is 0.0876. The Morgan fingerprint density at radius 2 is 2.00 bits per heavy atom. The molecule has 102 valence electrons. The van der Waals surface area contributed by atoms with Gasteiger partial charge in [0.15, 0.2) is 0 Å². The van der Waals surface area contributed by atoms with E-state index in [1.807, 2.05) is 0 Å². The number of nitrogens with zero attached hydrogens (tertiary/aromatic N) is 1. The fraction of sp³-hybridized carbons (Fsp3) is 0.462. The summed E-state index contributed by atoms with van der Waals surface area (Å²) >= 11 is -0.456. The van der Waals surface area contributed by atoms with Crippen LogP contribution in [0.1, 0.15) is 35.6 Å². The molecule has 0 spiro atoms. The zero-order chi connectivity index (χ0) is 14.3. The monoisotopic (exact) mass is 371 g/mol. The summed E-state index contributed by atoms with van der Waals surface area (Å²) in [4.78, 5) is 26.8. The molecule has 0 aliphatic rings. The summed E-state index contributed by atoms with van der Waals surface area (Å²) in [6.07, 6.45) is 0. The average molecular weight is 370 g/mol. The van der Waals surface area contributed by atoms with E-state index < -0.39 is 27.1 Å². The van der Waals surface area contributed by atoms with Crippen molar-refractivity contribution in [3.05, 3.63) is 29.1 Å². The van der Waals surface area contributed by atoms with E-state index in [2.05, 4.69) is 11.9 Å². The topological polar surface area (TPSA) is 65.5 Å². The van der Waals surface area contributed by atoms with Crippen molar-refractivity contribution in [3.63, 3.8) is 0 Å². The Hall–Kier alpha value is -1.11. The van der Waals surface area contributed by atoms with Crippen LogP contribution in [0.2, 0.25) is 4.44 Å². The van der Waals surface area contributed by atoms with Crippen molar-refractivity contribution in [2.75, 3.05) is 7.11 Å². The summed E-state index contributed by atoms with van der Waals surface area (Å²) in [7, 11) is 1.34. The first-order chi connectivity index (χ1) is 9.06. The number of carbonyl (C=O) groups excluding carboxylic acids is 2. The van der Waals surface area contributed by atoms with Crippen LogP contribution in [0.4, 0.5) is 0 Å². The molecule has 0 saturated carbocycles. The fourth-order valence-electron chi connectivity index (χ4n) is 1.48. The zero-order valence-corrected chi connectivity index (χ0v) is 14.2. The molecule has 0 aliphatic heterocycles. The molecule has 0 aliphatic carbocycles. The van der Waals surface area contributed by atoms with Gasteiger partial charge in [-0.2, -0.15) is 0 Å². The second-order valence-corrected chi connectivity index (χ2v) is 8.34. The Labute approximate surface area is 122 Å². The number of pyridine rings is 1. The molecule has 0 bridgehead atoms. The van der Waals surface area contributed by atoms with Gasteiger partial charge in [0.25, 0.3) is 0 Å². The minimum atomic E-state index is -0.456. The first kappa shape index (κ1) is 15.9. The number of hydrogen-bond donors (Lipinski definition) is 0. The number of hydrogen-bond acceptors (Lipinski definition) is 5. The van der Waals surface area contributed by atoms with E-state index in [1.54, 1.807) is 12.1 Å². The number of ether oxygens (including phenoxy) is 2. The van der Waals surface area contributed by atoms with Crippen molar-refractivity contribution >= 4 is 33.1 Å². The van der Waals surface area contributed by atoms with Crippen molar-refractivity contribution in [2.24, 2.45) is 0 Å². The second kappa shape index (κ2) is 8.14. The van der Waals surface area contributed by atoms with Crippen LogP contribution in [0.3, 0.4) is 0 Å². The van der Waals surface area contributed by atoms with Crippen molar-refractivity contribution < 1.29 is 19.1 Å². The van der Waals surface area contributed by atoms with E-state index >= 15 is 0 Å². The second-order valence-electron chi connectivity index (χ2n) is 3.89. The maximum absolute atomic E-state index is 11.6. The third kappa shape index (κ3) is 5.59. The summed E-state index contributed by atoms with van der Waals surface area (Å²) in [5.74, 6) is -0.758. The van der Waals surface area contributed by atoms with Crippen LogP contribution in [0.25, 0.3) is 0 Å². The average Bonchev–Trinajstić information content (AvgIpc) is 2.41. The number of methoxy groups -OCH3 is 1. The molecule has 1 aromatic heterocycles. The number of carbonyl (C=O) groups is 2. The molecule has 0 atom stereocenters. The van der Waals surface area contributed by atoms with E-state index in [1.165, 1.54) is 18.5 Å². The molecule has 6 heteroatoms. The third-order valence-electron chi connectivity index (χ3n) is 2.33. The molecule has 0 fully saturated rings. The Morgan fingerprint density at radius 3 is 2.58 bits per heavy atom. The number of rotatable bonds is 6. The van der Waals surface area contributed by atoms with Crippen LogP contribution in [0.5, 0.6) is 0 Å². The van der Waals surface area contributed by atoms with Crippen molar-refractivity contribution in [1.82, 2.24) is 4.98 Å². The van der Waals surface area contributed by atoms with Gasteiger partial charge in [-0.05, 0) is 0 Å².